The highest BCUT2D eigenvalue weighted by Crippen LogP contribution is 2.06. The molecule has 0 spiro atoms. The van der Waals surface area contributed by atoms with E-state index < -0.39 is 0 Å². The van der Waals surface area contributed by atoms with Crippen molar-refractivity contribution in [3.05, 3.63) is 12.2 Å². The molecular formula is C14H30O2. The van der Waals surface area contributed by atoms with Gasteiger partial charge in [0.05, 0.1) is 0 Å². The molecule has 0 radical (unpaired) electrons. The molecule has 0 fully saturated rings. The van der Waals surface area contributed by atoms with E-state index in [0.29, 0.717) is 5.92 Å². The second kappa shape index (κ2) is 14.7. The van der Waals surface area contributed by atoms with Crippen molar-refractivity contribution in [1.82, 2.24) is 0 Å². The Balaban J connectivity index is 0. The largest absolute Gasteiger partial charge is 0.356 e. The van der Waals surface area contributed by atoms with Crippen LogP contribution in [0.5, 0.6) is 0 Å². The molecule has 2 heteroatoms. The van der Waals surface area contributed by atoms with Gasteiger partial charge in [0.15, 0.2) is 6.29 Å². The van der Waals surface area contributed by atoms with Gasteiger partial charge in [-0.2, -0.15) is 0 Å². The van der Waals surface area contributed by atoms with Crippen molar-refractivity contribution in [3.63, 3.8) is 0 Å². The molecule has 0 saturated heterocycles. The van der Waals surface area contributed by atoms with Crippen LogP contribution in [0, 0.1) is 5.92 Å². The Morgan fingerprint density at radius 3 is 1.75 bits per heavy atom. The molecule has 0 saturated carbocycles. The lowest BCUT2D eigenvalue weighted by Gasteiger charge is -2.18. The van der Waals surface area contributed by atoms with Gasteiger partial charge in [0.2, 0.25) is 0 Å². The summed E-state index contributed by atoms with van der Waals surface area (Å²) in [4.78, 5) is 0. The number of allylic oxidation sites excluding steroid dienone is 2. The first-order chi connectivity index (χ1) is 7.72. The minimum atomic E-state index is -0.0324. The summed E-state index contributed by atoms with van der Waals surface area (Å²) in [6.07, 6.45) is 8.47. The third-order valence-corrected chi connectivity index (χ3v) is 2.02. The summed E-state index contributed by atoms with van der Waals surface area (Å²) < 4.78 is 10.3. The molecule has 0 amide bonds. The van der Waals surface area contributed by atoms with E-state index in [0.717, 1.165) is 6.61 Å². The molecule has 0 aromatic heterocycles. The summed E-state index contributed by atoms with van der Waals surface area (Å²) in [5.74, 6) is 0.440. The molecule has 0 aliphatic heterocycles. The van der Waals surface area contributed by atoms with E-state index >= 15 is 0 Å². The topological polar surface area (TPSA) is 18.5 Å². The van der Waals surface area contributed by atoms with E-state index in [9.17, 15) is 0 Å². The van der Waals surface area contributed by atoms with E-state index in [-0.39, 0.29) is 6.29 Å². The molecule has 0 bridgehead atoms. The van der Waals surface area contributed by atoms with Crippen molar-refractivity contribution in [2.75, 3.05) is 13.7 Å². The molecule has 1 aliphatic carbocycles. The Labute approximate surface area is 102 Å². The minimum absolute atomic E-state index is 0.0324. The Morgan fingerprint density at radius 1 is 1.12 bits per heavy atom. The molecule has 98 valence electrons. The zero-order valence-electron chi connectivity index (χ0n) is 12.0. The van der Waals surface area contributed by atoms with E-state index in [4.69, 9.17) is 9.47 Å². The fourth-order valence-electron chi connectivity index (χ4n) is 1.29. The van der Waals surface area contributed by atoms with E-state index in [1.165, 1.54) is 19.3 Å². The maximum Gasteiger partial charge on any atom is 0.159 e. The number of rotatable bonds is 4. The van der Waals surface area contributed by atoms with Crippen LogP contribution in [0.25, 0.3) is 0 Å². The molecule has 2 nitrogen and oxygen atoms in total. The number of hydrogen-bond acceptors (Lipinski definition) is 2. The minimum Gasteiger partial charge on any atom is -0.356 e. The Morgan fingerprint density at radius 2 is 1.62 bits per heavy atom. The van der Waals surface area contributed by atoms with Crippen molar-refractivity contribution < 1.29 is 9.47 Å². The molecule has 0 aromatic carbocycles. The summed E-state index contributed by atoms with van der Waals surface area (Å²) in [6.45, 7) is 10.8. The summed E-state index contributed by atoms with van der Waals surface area (Å²) in [5, 5.41) is 0. The average Bonchev–Trinajstić information content (AvgIpc) is 2.87. The fraction of sp³-hybridized carbons (Fsp3) is 0.857. The molecule has 16 heavy (non-hydrogen) atoms. The van der Waals surface area contributed by atoms with Gasteiger partial charge in [0.1, 0.15) is 0 Å². The Bertz CT molecular complexity index is 136. The Hall–Kier alpha value is -0.340. The van der Waals surface area contributed by atoms with Gasteiger partial charge < -0.3 is 9.47 Å². The highest BCUT2D eigenvalue weighted by molar-refractivity contribution is 4.88. The lowest BCUT2D eigenvalue weighted by atomic mass is 10.2. The first-order valence-electron chi connectivity index (χ1n) is 6.51. The van der Waals surface area contributed by atoms with Crippen LogP contribution in [0.4, 0.5) is 0 Å². The van der Waals surface area contributed by atoms with Crippen LogP contribution in [0.3, 0.4) is 0 Å². The van der Waals surface area contributed by atoms with Crippen molar-refractivity contribution in [2.24, 2.45) is 5.92 Å². The van der Waals surface area contributed by atoms with E-state index in [1.807, 2.05) is 20.8 Å². The molecular weight excluding hydrogens is 200 g/mol. The zero-order chi connectivity index (χ0) is 12.8. The quantitative estimate of drug-likeness (QED) is 0.526. The highest BCUT2D eigenvalue weighted by Gasteiger charge is 2.09. The third-order valence-electron chi connectivity index (χ3n) is 2.02. The monoisotopic (exact) mass is 230 g/mol. The number of methoxy groups -OCH3 is 1. The van der Waals surface area contributed by atoms with Gasteiger partial charge in [0, 0.05) is 19.6 Å². The molecule has 1 aliphatic rings. The lowest BCUT2D eigenvalue weighted by molar-refractivity contribution is -0.145. The predicted octanol–water partition coefficient (Wildman–Crippen LogP) is 4.40. The van der Waals surface area contributed by atoms with Crippen LogP contribution in [0.1, 0.15) is 53.9 Å². The van der Waals surface area contributed by atoms with Crippen molar-refractivity contribution in [1.29, 1.82) is 0 Å². The molecule has 1 unspecified atom stereocenters. The summed E-state index contributed by atoms with van der Waals surface area (Å²) in [7, 11) is 1.67. The fourth-order valence-corrected chi connectivity index (χ4v) is 1.29. The normalized spacial score (nSPS) is 14.9. The molecule has 1 rings (SSSR count). The van der Waals surface area contributed by atoms with Gasteiger partial charge in [0.25, 0.3) is 0 Å². The van der Waals surface area contributed by atoms with Gasteiger partial charge in [-0.1, -0.05) is 39.8 Å². The SMILES string of the molecule is C1=CCCC1.CC.CCOC(OC)C(C)C. The predicted molar refractivity (Wildman–Crippen MR) is 71.6 cm³/mol. The van der Waals surface area contributed by atoms with Crippen LogP contribution in [0.2, 0.25) is 0 Å². The van der Waals surface area contributed by atoms with Crippen LogP contribution in [-0.4, -0.2) is 20.0 Å². The molecule has 1 atom stereocenters. The number of ether oxygens (including phenoxy) is 2. The van der Waals surface area contributed by atoms with Crippen molar-refractivity contribution in [3.8, 4) is 0 Å². The second-order valence-electron chi connectivity index (χ2n) is 3.71. The standard InChI is InChI=1S/C7H16O2.C5H8.C2H6/c1-5-9-7(8-4)6(2)3;1-2-4-5-3-1;1-2/h6-7H,5H2,1-4H3;1-2H,3-5H2;1-2H3. The van der Waals surface area contributed by atoms with Crippen LogP contribution in [-0.2, 0) is 9.47 Å². The smallest absolute Gasteiger partial charge is 0.159 e. The van der Waals surface area contributed by atoms with Gasteiger partial charge in [-0.3, -0.25) is 0 Å². The van der Waals surface area contributed by atoms with Crippen LogP contribution < -0.4 is 0 Å². The molecule has 0 heterocycles. The Kier molecular flexibility index (Phi) is 16.5. The zero-order valence-corrected chi connectivity index (χ0v) is 12.0. The van der Waals surface area contributed by atoms with Crippen molar-refractivity contribution >= 4 is 0 Å². The van der Waals surface area contributed by atoms with Gasteiger partial charge >= 0.3 is 0 Å². The van der Waals surface area contributed by atoms with E-state index in [2.05, 4.69) is 26.0 Å². The summed E-state index contributed by atoms with van der Waals surface area (Å²) in [5.41, 5.74) is 0. The third kappa shape index (κ3) is 11.7. The average molecular weight is 230 g/mol. The van der Waals surface area contributed by atoms with Crippen LogP contribution >= 0.6 is 0 Å². The first-order valence-corrected chi connectivity index (χ1v) is 6.51. The molecule has 0 aromatic rings. The van der Waals surface area contributed by atoms with Crippen LogP contribution in [0.15, 0.2) is 12.2 Å². The highest BCUT2D eigenvalue weighted by atomic mass is 16.7. The lowest BCUT2D eigenvalue weighted by Crippen LogP contribution is -2.21. The molecule has 0 N–H and O–H groups in total. The summed E-state index contributed by atoms with van der Waals surface area (Å²) >= 11 is 0. The van der Waals surface area contributed by atoms with E-state index in [1.54, 1.807) is 7.11 Å². The maximum atomic E-state index is 5.23. The van der Waals surface area contributed by atoms with Gasteiger partial charge in [-0.15, -0.1) is 0 Å². The first kappa shape index (κ1) is 18.0. The van der Waals surface area contributed by atoms with Crippen molar-refractivity contribution in [2.45, 2.75) is 60.2 Å². The van der Waals surface area contributed by atoms with Gasteiger partial charge in [-0.25, -0.2) is 0 Å². The summed E-state index contributed by atoms with van der Waals surface area (Å²) in [6, 6.07) is 0. The number of hydrogen-bond donors (Lipinski definition) is 0. The van der Waals surface area contributed by atoms with Gasteiger partial charge in [-0.05, 0) is 26.2 Å². The second-order valence-corrected chi connectivity index (χ2v) is 3.71. The maximum absolute atomic E-state index is 5.23.